The van der Waals surface area contributed by atoms with Crippen LogP contribution in [-0.2, 0) is 14.3 Å². The van der Waals surface area contributed by atoms with Crippen LogP contribution in [0.25, 0.3) is 0 Å². The van der Waals surface area contributed by atoms with Gasteiger partial charge in [0.05, 0.1) is 12.5 Å². The van der Waals surface area contributed by atoms with E-state index in [1.807, 2.05) is 0 Å². The molecule has 12 heavy (non-hydrogen) atoms. The van der Waals surface area contributed by atoms with Crippen molar-refractivity contribution in [2.75, 3.05) is 19.8 Å². The molecule has 0 aliphatic carbocycles. The lowest BCUT2D eigenvalue weighted by atomic mass is 9.85. The van der Waals surface area contributed by atoms with E-state index in [0.717, 1.165) is 32.5 Å². The predicted molar refractivity (Wildman–Crippen MR) is 42.6 cm³/mol. The van der Waals surface area contributed by atoms with Crippen LogP contribution < -0.4 is 0 Å². The first-order valence-electron chi connectivity index (χ1n) is 4.62. The molecule has 2 aliphatic rings. The number of hydrogen-bond acceptors (Lipinski definition) is 3. The Kier molecular flexibility index (Phi) is 2.30. The molecule has 0 saturated carbocycles. The maximum atomic E-state index is 11.2. The molecule has 0 N–H and O–H groups in total. The standard InChI is InChI=1S/C9H14O3/c10-9-8(3-6-12-9)7-1-4-11-5-2-7/h7-8H,1-6H2. The van der Waals surface area contributed by atoms with Crippen LogP contribution in [0.4, 0.5) is 0 Å². The summed E-state index contributed by atoms with van der Waals surface area (Å²) in [5.41, 5.74) is 0. The second kappa shape index (κ2) is 3.44. The Hall–Kier alpha value is -0.570. The molecule has 2 rings (SSSR count). The van der Waals surface area contributed by atoms with Gasteiger partial charge in [-0.25, -0.2) is 0 Å². The number of rotatable bonds is 1. The van der Waals surface area contributed by atoms with Crippen molar-refractivity contribution in [3.63, 3.8) is 0 Å². The average Bonchev–Trinajstić information content (AvgIpc) is 2.53. The fourth-order valence-corrected chi connectivity index (χ4v) is 2.06. The van der Waals surface area contributed by atoms with E-state index in [9.17, 15) is 4.79 Å². The van der Waals surface area contributed by atoms with Gasteiger partial charge in [0.1, 0.15) is 0 Å². The molecule has 0 amide bonds. The lowest BCUT2D eigenvalue weighted by Crippen LogP contribution is -2.26. The van der Waals surface area contributed by atoms with Crippen LogP contribution >= 0.6 is 0 Å². The van der Waals surface area contributed by atoms with E-state index in [1.165, 1.54) is 0 Å². The summed E-state index contributed by atoms with van der Waals surface area (Å²) >= 11 is 0. The van der Waals surface area contributed by atoms with Crippen molar-refractivity contribution in [3.8, 4) is 0 Å². The first-order chi connectivity index (χ1) is 5.88. The zero-order chi connectivity index (χ0) is 8.39. The first-order valence-corrected chi connectivity index (χ1v) is 4.62. The predicted octanol–water partition coefficient (Wildman–Crippen LogP) is 0.976. The molecule has 0 radical (unpaired) electrons. The summed E-state index contributed by atoms with van der Waals surface area (Å²) in [6, 6.07) is 0. The van der Waals surface area contributed by atoms with E-state index < -0.39 is 0 Å². The van der Waals surface area contributed by atoms with Gasteiger partial charge in [-0.15, -0.1) is 0 Å². The van der Waals surface area contributed by atoms with Crippen LogP contribution in [0.5, 0.6) is 0 Å². The molecule has 0 aromatic heterocycles. The van der Waals surface area contributed by atoms with Gasteiger partial charge in [0, 0.05) is 13.2 Å². The Morgan fingerprint density at radius 2 is 1.83 bits per heavy atom. The number of ether oxygens (including phenoxy) is 2. The van der Waals surface area contributed by atoms with Crippen molar-refractivity contribution >= 4 is 5.97 Å². The van der Waals surface area contributed by atoms with Crippen molar-refractivity contribution in [1.82, 2.24) is 0 Å². The maximum absolute atomic E-state index is 11.2. The van der Waals surface area contributed by atoms with E-state index in [0.29, 0.717) is 12.5 Å². The largest absolute Gasteiger partial charge is 0.465 e. The normalized spacial score (nSPS) is 32.0. The van der Waals surface area contributed by atoms with Gasteiger partial charge < -0.3 is 9.47 Å². The highest BCUT2D eigenvalue weighted by Crippen LogP contribution is 2.30. The Morgan fingerprint density at radius 3 is 2.42 bits per heavy atom. The summed E-state index contributed by atoms with van der Waals surface area (Å²) in [6.07, 6.45) is 2.98. The summed E-state index contributed by atoms with van der Waals surface area (Å²) in [5, 5.41) is 0. The monoisotopic (exact) mass is 170 g/mol. The highest BCUT2D eigenvalue weighted by molar-refractivity contribution is 5.74. The zero-order valence-electron chi connectivity index (χ0n) is 7.12. The van der Waals surface area contributed by atoms with Crippen LogP contribution in [0.3, 0.4) is 0 Å². The third-order valence-electron chi connectivity index (χ3n) is 2.81. The molecule has 0 aromatic rings. The van der Waals surface area contributed by atoms with E-state index in [1.54, 1.807) is 0 Å². The summed E-state index contributed by atoms with van der Waals surface area (Å²) in [7, 11) is 0. The van der Waals surface area contributed by atoms with Crippen LogP contribution in [0, 0.1) is 11.8 Å². The maximum Gasteiger partial charge on any atom is 0.309 e. The number of carbonyl (C=O) groups excluding carboxylic acids is 1. The third kappa shape index (κ3) is 1.46. The van der Waals surface area contributed by atoms with Crippen molar-refractivity contribution in [1.29, 1.82) is 0 Å². The minimum atomic E-state index is 0.0156. The quantitative estimate of drug-likeness (QED) is 0.550. The Labute approximate surface area is 72.0 Å². The van der Waals surface area contributed by atoms with Gasteiger partial charge in [-0.1, -0.05) is 0 Å². The number of cyclic esters (lactones) is 1. The first kappa shape index (κ1) is 8.05. The second-order valence-corrected chi connectivity index (χ2v) is 3.51. The highest BCUT2D eigenvalue weighted by atomic mass is 16.5. The van der Waals surface area contributed by atoms with E-state index in [-0.39, 0.29) is 11.9 Å². The van der Waals surface area contributed by atoms with Crippen LogP contribution in [-0.4, -0.2) is 25.8 Å². The highest BCUT2D eigenvalue weighted by Gasteiger charge is 2.34. The lowest BCUT2D eigenvalue weighted by Gasteiger charge is -2.24. The Bertz CT molecular complexity index is 173. The molecule has 2 saturated heterocycles. The van der Waals surface area contributed by atoms with Gasteiger partial charge in [-0.3, -0.25) is 4.79 Å². The summed E-state index contributed by atoms with van der Waals surface area (Å²) in [6.45, 7) is 2.25. The molecule has 2 heterocycles. The van der Waals surface area contributed by atoms with Gasteiger partial charge in [0.2, 0.25) is 0 Å². The summed E-state index contributed by atoms with van der Waals surface area (Å²) in [4.78, 5) is 11.2. The minimum Gasteiger partial charge on any atom is -0.465 e. The molecule has 2 aliphatic heterocycles. The van der Waals surface area contributed by atoms with Crippen LogP contribution in [0.2, 0.25) is 0 Å². The molecule has 0 bridgehead atoms. The molecule has 1 unspecified atom stereocenters. The fraction of sp³-hybridized carbons (Fsp3) is 0.889. The molecule has 2 fully saturated rings. The molecule has 68 valence electrons. The molecular formula is C9H14O3. The minimum absolute atomic E-state index is 0.0156. The van der Waals surface area contributed by atoms with Gasteiger partial charge in [0.15, 0.2) is 0 Å². The van der Waals surface area contributed by atoms with E-state index in [2.05, 4.69) is 0 Å². The Morgan fingerprint density at radius 1 is 1.08 bits per heavy atom. The van der Waals surface area contributed by atoms with Crippen molar-refractivity contribution in [2.45, 2.75) is 19.3 Å². The molecule has 3 heteroatoms. The van der Waals surface area contributed by atoms with Crippen LogP contribution in [0.1, 0.15) is 19.3 Å². The fourth-order valence-electron chi connectivity index (χ4n) is 2.06. The summed E-state index contributed by atoms with van der Waals surface area (Å²) < 4.78 is 10.2. The van der Waals surface area contributed by atoms with Crippen molar-refractivity contribution in [2.24, 2.45) is 11.8 Å². The lowest BCUT2D eigenvalue weighted by molar-refractivity contribution is -0.143. The van der Waals surface area contributed by atoms with E-state index >= 15 is 0 Å². The van der Waals surface area contributed by atoms with Gasteiger partial charge in [-0.05, 0) is 25.2 Å². The number of esters is 1. The van der Waals surface area contributed by atoms with Crippen molar-refractivity contribution in [3.05, 3.63) is 0 Å². The molecule has 3 nitrogen and oxygen atoms in total. The zero-order valence-corrected chi connectivity index (χ0v) is 7.12. The van der Waals surface area contributed by atoms with Gasteiger partial charge in [-0.2, -0.15) is 0 Å². The van der Waals surface area contributed by atoms with Gasteiger partial charge in [0.25, 0.3) is 0 Å². The smallest absolute Gasteiger partial charge is 0.309 e. The molecule has 1 atom stereocenters. The average molecular weight is 170 g/mol. The number of hydrogen-bond donors (Lipinski definition) is 0. The van der Waals surface area contributed by atoms with E-state index in [4.69, 9.17) is 9.47 Å². The Balaban J connectivity index is 1.93. The van der Waals surface area contributed by atoms with Crippen molar-refractivity contribution < 1.29 is 14.3 Å². The van der Waals surface area contributed by atoms with Crippen LogP contribution in [0.15, 0.2) is 0 Å². The number of carbonyl (C=O) groups is 1. The molecule has 0 aromatic carbocycles. The summed E-state index contributed by atoms with van der Waals surface area (Å²) in [5.74, 6) is 0.713. The molecule has 0 spiro atoms. The van der Waals surface area contributed by atoms with Gasteiger partial charge >= 0.3 is 5.97 Å². The molecular weight excluding hydrogens is 156 g/mol. The second-order valence-electron chi connectivity index (χ2n) is 3.51. The SMILES string of the molecule is O=C1OCCC1C1CCOCC1. The topological polar surface area (TPSA) is 35.5 Å². The third-order valence-corrected chi connectivity index (χ3v) is 2.81.